The molecule has 0 radical (unpaired) electrons. The summed E-state index contributed by atoms with van der Waals surface area (Å²) in [5.41, 5.74) is 1.32. The monoisotopic (exact) mass is 425 g/mol. The molecule has 8 heteroatoms. The predicted octanol–water partition coefficient (Wildman–Crippen LogP) is 4.68. The van der Waals surface area contributed by atoms with Gasteiger partial charge in [0.15, 0.2) is 11.4 Å². The third-order valence-electron chi connectivity index (χ3n) is 4.24. The van der Waals surface area contributed by atoms with Crippen molar-refractivity contribution < 1.29 is 9.79 Å². The Morgan fingerprint density at radius 3 is 2.38 bits per heavy atom. The van der Waals surface area contributed by atoms with E-state index in [1.54, 1.807) is 16.8 Å². The summed E-state index contributed by atoms with van der Waals surface area (Å²) in [6.07, 6.45) is 2.80. The van der Waals surface area contributed by atoms with Gasteiger partial charge in [0.05, 0.1) is 15.3 Å². The Labute approximate surface area is 170 Å². The van der Waals surface area contributed by atoms with Gasteiger partial charge in [0.2, 0.25) is 0 Å². The molecule has 0 bridgehead atoms. The minimum atomic E-state index is -0.102. The molecule has 0 fully saturated rings. The molecule has 2 aromatic carbocycles. The molecular weight excluding hydrogens is 413 g/mol. The fourth-order valence-electron chi connectivity index (χ4n) is 2.96. The maximum atomic E-state index is 12.6. The van der Waals surface area contributed by atoms with Crippen LogP contribution in [0, 0.1) is 0 Å². The van der Waals surface area contributed by atoms with E-state index in [-0.39, 0.29) is 5.88 Å². The van der Waals surface area contributed by atoms with Gasteiger partial charge in [-0.25, -0.2) is 0 Å². The van der Waals surface area contributed by atoms with Crippen molar-refractivity contribution in [2.45, 2.75) is 35.6 Å². The highest BCUT2D eigenvalue weighted by molar-refractivity contribution is 7.99. The zero-order valence-corrected chi connectivity index (χ0v) is 16.7. The van der Waals surface area contributed by atoms with Crippen LogP contribution >= 0.6 is 46.6 Å². The second-order valence-corrected chi connectivity index (χ2v) is 8.36. The lowest BCUT2D eigenvalue weighted by atomic mass is 10.1. The van der Waals surface area contributed by atoms with E-state index in [1.807, 2.05) is 24.3 Å². The minimum Gasteiger partial charge on any atom is -0.838 e. The van der Waals surface area contributed by atoms with E-state index in [0.29, 0.717) is 20.8 Å². The third-order valence-corrected chi connectivity index (χ3v) is 6.47. The van der Waals surface area contributed by atoms with E-state index in [9.17, 15) is 5.11 Å². The van der Waals surface area contributed by atoms with Gasteiger partial charge in [-0.1, -0.05) is 46.6 Å². The summed E-state index contributed by atoms with van der Waals surface area (Å²) in [5, 5.41) is 18.7. The van der Waals surface area contributed by atoms with Crippen LogP contribution in [0.4, 0.5) is 0 Å². The predicted molar refractivity (Wildman–Crippen MR) is 102 cm³/mol. The second kappa shape index (κ2) is 7.31. The molecule has 4 nitrogen and oxygen atoms in total. The number of hydrogen-bond donors (Lipinski definition) is 0. The van der Waals surface area contributed by atoms with E-state index in [4.69, 9.17) is 34.8 Å². The van der Waals surface area contributed by atoms with Gasteiger partial charge >= 0.3 is 0 Å². The van der Waals surface area contributed by atoms with Crippen molar-refractivity contribution in [3.05, 3.63) is 57.2 Å². The minimum absolute atomic E-state index is 0.102. The molecule has 0 saturated carbocycles. The Kier molecular flexibility index (Phi) is 5.06. The van der Waals surface area contributed by atoms with Gasteiger partial charge in [0, 0.05) is 33.4 Å². The smallest absolute Gasteiger partial charge is 0.161 e. The molecule has 0 spiro atoms. The molecule has 26 heavy (non-hydrogen) atoms. The topological polar surface area (TPSA) is 44.8 Å². The third kappa shape index (κ3) is 3.41. The summed E-state index contributed by atoms with van der Waals surface area (Å²) < 4.78 is 3.17. The number of fused-ring (bicyclic) bond motifs is 1. The number of aryl methyl sites for hydroxylation is 1. The van der Waals surface area contributed by atoms with Gasteiger partial charge in [-0.05, 0) is 37.1 Å². The number of benzene rings is 2. The lowest BCUT2D eigenvalue weighted by molar-refractivity contribution is -0.765. The molecule has 0 unspecified atom stereocenters. The van der Waals surface area contributed by atoms with Crippen molar-refractivity contribution in [3.63, 3.8) is 0 Å². The Hall–Kier alpha value is -1.40. The molecular formula is C18H14Cl3N3OS. The van der Waals surface area contributed by atoms with E-state index < -0.39 is 0 Å². The van der Waals surface area contributed by atoms with Crippen molar-refractivity contribution in [2.75, 3.05) is 0 Å². The highest BCUT2D eigenvalue weighted by atomic mass is 35.5. The Balaban J connectivity index is 1.70. The summed E-state index contributed by atoms with van der Waals surface area (Å²) in [6, 6.07) is 10.9. The molecule has 0 atom stereocenters. The van der Waals surface area contributed by atoms with Crippen molar-refractivity contribution >= 4 is 46.6 Å². The quantitative estimate of drug-likeness (QED) is 0.571. The van der Waals surface area contributed by atoms with Crippen LogP contribution in [0.1, 0.15) is 18.5 Å². The molecule has 1 aliphatic rings. The average molecular weight is 427 g/mol. The molecule has 3 aromatic rings. The number of hydrogen-bond acceptors (Lipinski definition) is 3. The van der Waals surface area contributed by atoms with Crippen LogP contribution in [0.2, 0.25) is 15.1 Å². The highest BCUT2D eigenvalue weighted by Gasteiger charge is 2.24. The van der Waals surface area contributed by atoms with Crippen LogP contribution in [-0.2, 0) is 13.0 Å². The van der Waals surface area contributed by atoms with Crippen LogP contribution in [-0.4, -0.2) is 9.90 Å². The fraction of sp³-hybridized carbons (Fsp3) is 0.222. The summed E-state index contributed by atoms with van der Waals surface area (Å²) in [4.78, 5) is 1.71. The first-order valence-electron chi connectivity index (χ1n) is 8.15. The molecule has 0 amide bonds. The number of rotatable bonds is 3. The zero-order chi connectivity index (χ0) is 18.3. The molecule has 2 heterocycles. The summed E-state index contributed by atoms with van der Waals surface area (Å²) in [6.45, 7) is 0.767. The highest BCUT2D eigenvalue weighted by Crippen LogP contribution is 2.40. The number of halogens is 3. The van der Waals surface area contributed by atoms with Gasteiger partial charge in [0.1, 0.15) is 12.4 Å². The molecule has 1 aliphatic heterocycles. The summed E-state index contributed by atoms with van der Waals surface area (Å²) in [5.74, 6) is -0.102. The summed E-state index contributed by atoms with van der Waals surface area (Å²) in [7, 11) is 0. The first-order valence-corrected chi connectivity index (χ1v) is 10.1. The van der Waals surface area contributed by atoms with Gasteiger partial charge in [-0.3, -0.25) is 0 Å². The van der Waals surface area contributed by atoms with Crippen molar-refractivity contribution in [1.29, 1.82) is 0 Å². The normalized spacial score (nSPS) is 13.7. The second-order valence-electron chi connectivity index (χ2n) is 6.03. The lowest BCUT2D eigenvalue weighted by Gasteiger charge is -2.10. The van der Waals surface area contributed by atoms with Crippen LogP contribution < -0.4 is 9.79 Å². The average Bonchev–Trinajstić information content (AvgIpc) is 2.97. The van der Waals surface area contributed by atoms with Gasteiger partial charge in [-0.15, -0.1) is 9.36 Å². The lowest BCUT2D eigenvalue weighted by Crippen LogP contribution is -2.42. The van der Waals surface area contributed by atoms with Gasteiger partial charge < -0.3 is 5.11 Å². The SMILES string of the molecule is [O-]c1c2[n+](nn1-c1cc(Cl)c(Sc3ccc(Cl)cc3)c(Cl)c1)CCCC2. The van der Waals surface area contributed by atoms with Crippen LogP contribution in [0.15, 0.2) is 46.2 Å². The standard InChI is InChI=1S/C18H14Cl3N3OS/c19-11-4-6-13(7-5-11)26-17-14(20)9-12(10-15(17)21)24-18(25)16-3-1-2-8-23(16)22-24/h4-7,9-10H,1-3,8H2. The van der Waals surface area contributed by atoms with E-state index in [0.717, 1.165) is 41.3 Å². The van der Waals surface area contributed by atoms with Crippen LogP contribution in [0.5, 0.6) is 5.88 Å². The molecule has 0 aliphatic carbocycles. The summed E-state index contributed by atoms with van der Waals surface area (Å²) >= 11 is 20.3. The molecule has 1 aromatic heterocycles. The maximum Gasteiger partial charge on any atom is 0.161 e. The fourth-order valence-corrected chi connectivity index (χ4v) is 4.61. The molecule has 0 N–H and O–H groups in total. The van der Waals surface area contributed by atoms with Gasteiger partial charge in [-0.2, -0.15) is 0 Å². The first kappa shape index (κ1) is 18.0. The van der Waals surface area contributed by atoms with Gasteiger partial charge in [0.25, 0.3) is 0 Å². The van der Waals surface area contributed by atoms with Crippen molar-refractivity contribution in [3.8, 4) is 11.6 Å². The van der Waals surface area contributed by atoms with Crippen LogP contribution in [0.3, 0.4) is 0 Å². The van der Waals surface area contributed by atoms with E-state index in [2.05, 4.69) is 5.21 Å². The largest absolute Gasteiger partial charge is 0.838 e. The molecule has 4 rings (SSSR count). The Morgan fingerprint density at radius 2 is 1.73 bits per heavy atom. The Morgan fingerprint density at radius 1 is 1.04 bits per heavy atom. The molecule has 134 valence electrons. The van der Waals surface area contributed by atoms with Crippen molar-refractivity contribution in [1.82, 2.24) is 9.90 Å². The van der Waals surface area contributed by atoms with Crippen molar-refractivity contribution in [2.24, 2.45) is 0 Å². The zero-order valence-electron chi connectivity index (χ0n) is 13.6. The molecule has 0 saturated heterocycles. The van der Waals surface area contributed by atoms with E-state index in [1.165, 1.54) is 16.4 Å². The van der Waals surface area contributed by atoms with Crippen LogP contribution in [0.25, 0.3) is 5.69 Å². The number of aromatic nitrogens is 3. The number of nitrogens with zero attached hydrogens (tertiary/aromatic N) is 3. The Bertz CT molecular complexity index is 950. The maximum absolute atomic E-state index is 12.6. The first-order chi connectivity index (χ1) is 12.5. The van der Waals surface area contributed by atoms with E-state index >= 15 is 0 Å².